The van der Waals surface area contributed by atoms with Crippen molar-refractivity contribution in [2.45, 2.75) is 43.2 Å². The normalized spacial score (nSPS) is 29.1. The van der Waals surface area contributed by atoms with E-state index in [1.165, 1.54) is 11.0 Å². The van der Waals surface area contributed by atoms with Crippen LogP contribution in [0.5, 0.6) is 0 Å². The molecule has 1 aliphatic heterocycles. The number of rotatable bonds is 2. The van der Waals surface area contributed by atoms with Crippen LogP contribution in [0.15, 0.2) is 10.6 Å². The van der Waals surface area contributed by atoms with Crippen molar-refractivity contribution in [1.82, 2.24) is 15.0 Å². The van der Waals surface area contributed by atoms with E-state index in [0.717, 1.165) is 6.42 Å². The van der Waals surface area contributed by atoms with Crippen molar-refractivity contribution in [2.75, 3.05) is 18.9 Å². The first-order valence-corrected chi connectivity index (χ1v) is 7.52. The van der Waals surface area contributed by atoms with Crippen LogP contribution in [0.25, 0.3) is 0 Å². The van der Waals surface area contributed by atoms with Crippen molar-refractivity contribution in [3.8, 4) is 0 Å². The molecular weight excluding hydrogens is 310 g/mol. The van der Waals surface area contributed by atoms with E-state index in [9.17, 15) is 18.4 Å². The number of alkyl halides is 2. The molecule has 23 heavy (non-hydrogen) atoms. The average Bonchev–Trinajstić information content (AvgIpc) is 3.13. The van der Waals surface area contributed by atoms with Crippen molar-refractivity contribution < 1.29 is 22.9 Å². The summed E-state index contributed by atoms with van der Waals surface area (Å²) in [7, 11) is 1.74. The molecule has 1 N–H and O–H groups in total. The van der Waals surface area contributed by atoms with Gasteiger partial charge in [-0.2, -0.15) is 0 Å². The fraction of sp³-hybridized carbons (Fsp3) is 0.643. The van der Waals surface area contributed by atoms with Gasteiger partial charge in [0, 0.05) is 31.9 Å². The number of hydrogen-bond donors (Lipinski definition) is 1. The summed E-state index contributed by atoms with van der Waals surface area (Å²) < 4.78 is 30.8. The van der Waals surface area contributed by atoms with E-state index in [1.807, 2.05) is 0 Å². The number of likely N-dealkylation sites (N-methyl/N-ethyl adjacent to an activating group) is 1. The average molecular weight is 326 g/mol. The zero-order chi connectivity index (χ0) is 16.4. The molecule has 4 rings (SSSR count). The lowest BCUT2D eigenvalue weighted by molar-refractivity contribution is -0.133. The van der Waals surface area contributed by atoms with Crippen LogP contribution in [-0.2, 0) is 4.79 Å². The molecule has 2 atom stereocenters. The monoisotopic (exact) mass is 326 g/mol. The number of fused-ring (bicyclic) bond motifs is 1. The third-order valence-electron chi connectivity index (χ3n) is 4.85. The molecule has 1 saturated heterocycles. The predicted molar refractivity (Wildman–Crippen MR) is 74.1 cm³/mol. The maximum atomic E-state index is 12.9. The zero-order valence-electron chi connectivity index (χ0n) is 12.5. The Kier molecular flexibility index (Phi) is 2.91. The molecule has 2 aliphatic carbocycles. The van der Waals surface area contributed by atoms with Gasteiger partial charge in [-0.05, 0) is 6.42 Å². The minimum absolute atomic E-state index is 0.0271. The molecule has 1 aromatic rings. The maximum Gasteiger partial charge on any atom is 0.325 e. The molecule has 0 spiro atoms. The minimum Gasteiger partial charge on any atom is -0.339 e. The Labute approximate surface area is 130 Å². The number of anilines is 1. The summed E-state index contributed by atoms with van der Waals surface area (Å²) in [6.45, 7) is 0.0271. The number of amides is 3. The van der Waals surface area contributed by atoms with Gasteiger partial charge < -0.3 is 14.3 Å². The van der Waals surface area contributed by atoms with Crippen LogP contribution >= 0.6 is 0 Å². The van der Waals surface area contributed by atoms with Gasteiger partial charge in [0.05, 0.1) is 17.8 Å². The van der Waals surface area contributed by atoms with Crippen LogP contribution in [0, 0.1) is 0 Å². The first-order valence-electron chi connectivity index (χ1n) is 7.52. The highest BCUT2D eigenvalue weighted by Gasteiger charge is 2.52. The van der Waals surface area contributed by atoms with Crippen LogP contribution < -0.4 is 5.32 Å². The molecule has 7 nitrogen and oxygen atoms in total. The summed E-state index contributed by atoms with van der Waals surface area (Å²) in [4.78, 5) is 27.2. The lowest BCUT2D eigenvalue weighted by Crippen LogP contribution is -2.51. The van der Waals surface area contributed by atoms with Gasteiger partial charge in [0.25, 0.3) is 0 Å². The summed E-state index contributed by atoms with van der Waals surface area (Å²) in [5.41, 5.74) is 0.421. The fourth-order valence-electron chi connectivity index (χ4n) is 3.29. The summed E-state index contributed by atoms with van der Waals surface area (Å²) in [6, 6.07) is 1.16. The van der Waals surface area contributed by atoms with Crippen LogP contribution in [0.1, 0.15) is 30.9 Å². The number of urea groups is 1. The number of piperazine rings is 1. The SMILES string of the molecule is CN1C(=O)CN(C(=O)Nc2cc(C3CC(F)(F)C3)no2)[C@H]2C[C@H]21. The van der Waals surface area contributed by atoms with E-state index in [-0.39, 0.29) is 49.2 Å². The van der Waals surface area contributed by atoms with E-state index < -0.39 is 12.0 Å². The quantitative estimate of drug-likeness (QED) is 0.896. The Bertz CT molecular complexity index is 669. The topological polar surface area (TPSA) is 78.7 Å². The lowest BCUT2D eigenvalue weighted by atomic mass is 9.79. The van der Waals surface area contributed by atoms with Crippen molar-refractivity contribution in [2.24, 2.45) is 0 Å². The molecule has 0 unspecified atom stereocenters. The minimum atomic E-state index is -2.63. The van der Waals surface area contributed by atoms with Gasteiger partial charge in [0.2, 0.25) is 17.7 Å². The molecule has 1 aromatic heterocycles. The van der Waals surface area contributed by atoms with Crippen LogP contribution in [0.3, 0.4) is 0 Å². The molecule has 3 amide bonds. The highest BCUT2D eigenvalue weighted by atomic mass is 19.3. The maximum absolute atomic E-state index is 12.9. The van der Waals surface area contributed by atoms with E-state index >= 15 is 0 Å². The van der Waals surface area contributed by atoms with Crippen molar-refractivity contribution in [1.29, 1.82) is 0 Å². The van der Waals surface area contributed by atoms with Gasteiger partial charge >= 0.3 is 6.03 Å². The largest absolute Gasteiger partial charge is 0.339 e. The number of nitrogens with zero attached hydrogens (tertiary/aromatic N) is 3. The Balaban J connectivity index is 1.38. The molecule has 3 fully saturated rings. The number of carbonyl (C=O) groups excluding carboxylic acids is 2. The highest BCUT2D eigenvalue weighted by molar-refractivity contribution is 5.93. The second kappa shape index (κ2) is 4.65. The number of halogens is 2. The molecule has 0 aromatic carbocycles. The number of hydrogen-bond acceptors (Lipinski definition) is 4. The van der Waals surface area contributed by atoms with Crippen LogP contribution in [-0.4, -0.2) is 58.5 Å². The summed E-state index contributed by atoms with van der Waals surface area (Å²) in [6.07, 6.45) is 0.280. The first-order chi connectivity index (χ1) is 10.8. The van der Waals surface area contributed by atoms with Gasteiger partial charge in [-0.15, -0.1) is 0 Å². The van der Waals surface area contributed by atoms with Crippen molar-refractivity contribution >= 4 is 17.8 Å². The van der Waals surface area contributed by atoms with Gasteiger partial charge in [0.1, 0.15) is 6.54 Å². The Morgan fingerprint density at radius 2 is 2.17 bits per heavy atom. The van der Waals surface area contributed by atoms with Gasteiger partial charge in [-0.25, -0.2) is 13.6 Å². The standard InChI is InChI=1S/C14H16F2N4O3/c1-19-9-3-10(9)20(6-12(19)21)13(22)17-11-2-8(18-23-11)7-4-14(15,16)5-7/h2,7,9-10H,3-6H2,1H3,(H,17,22)/t9-,10+/m1/s1. The van der Waals surface area contributed by atoms with Gasteiger partial charge in [-0.3, -0.25) is 10.1 Å². The van der Waals surface area contributed by atoms with Crippen LogP contribution in [0.2, 0.25) is 0 Å². The zero-order valence-corrected chi connectivity index (χ0v) is 12.5. The fourth-order valence-corrected chi connectivity index (χ4v) is 3.29. The molecule has 2 heterocycles. The third kappa shape index (κ3) is 2.43. The van der Waals surface area contributed by atoms with Crippen molar-refractivity contribution in [3.05, 3.63) is 11.8 Å². The van der Waals surface area contributed by atoms with Crippen molar-refractivity contribution in [3.63, 3.8) is 0 Å². The number of carbonyl (C=O) groups is 2. The highest BCUT2D eigenvalue weighted by Crippen LogP contribution is 2.48. The Hall–Kier alpha value is -2.19. The molecule has 3 aliphatic rings. The van der Waals surface area contributed by atoms with E-state index in [4.69, 9.17) is 4.52 Å². The molecular formula is C14H16F2N4O3. The molecule has 124 valence electrons. The third-order valence-corrected chi connectivity index (χ3v) is 4.85. The number of aromatic nitrogens is 1. The first kappa shape index (κ1) is 14.4. The van der Waals surface area contributed by atoms with Gasteiger partial charge in [0.15, 0.2) is 0 Å². The smallest absolute Gasteiger partial charge is 0.325 e. The second-order valence-corrected chi connectivity index (χ2v) is 6.51. The summed E-state index contributed by atoms with van der Waals surface area (Å²) in [5.74, 6) is -2.95. The van der Waals surface area contributed by atoms with Gasteiger partial charge in [-0.1, -0.05) is 5.16 Å². The van der Waals surface area contributed by atoms with E-state index in [2.05, 4.69) is 10.5 Å². The molecule has 9 heteroatoms. The van der Waals surface area contributed by atoms with E-state index in [0.29, 0.717) is 5.69 Å². The second-order valence-electron chi connectivity index (χ2n) is 6.51. The molecule has 2 saturated carbocycles. The summed E-state index contributed by atoms with van der Waals surface area (Å²) in [5, 5.41) is 6.29. The predicted octanol–water partition coefficient (Wildman–Crippen LogP) is 1.63. The summed E-state index contributed by atoms with van der Waals surface area (Å²) >= 11 is 0. The Morgan fingerprint density at radius 1 is 1.43 bits per heavy atom. The van der Waals surface area contributed by atoms with E-state index in [1.54, 1.807) is 11.9 Å². The Morgan fingerprint density at radius 3 is 2.87 bits per heavy atom. The molecule has 0 bridgehead atoms. The van der Waals surface area contributed by atoms with Crippen LogP contribution in [0.4, 0.5) is 19.5 Å². The number of nitrogens with one attached hydrogen (secondary N) is 1. The molecule has 0 radical (unpaired) electrons. The lowest BCUT2D eigenvalue weighted by Gasteiger charge is -2.33.